The van der Waals surface area contributed by atoms with Crippen LogP contribution in [0.2, 0.25) is 0 Å². The molecule has 1 aliphatic heterocycles. The van der Waals surface area contributed by atoms with Crippen LogP contribution in [0, 0.1) is 11.8 Å². The van der Waals surface area contributed by atoms with E-state index in [2.05, 4.69) is 13.8 Å². The molecule has 0 N–H and O–H groups in total. The van der Waals surface area contributed by atoms with E-state index in [4.69, 9.17) is 17.0 Å². The Labute approximate surface area is 61.4 Å². The number of hydrogen-bond acceptors (Lipinski definition) is 2. The molecule has 1 fully saturated rings. The largest absolute Gasteiger partial charge is 0.487 e. The second-order valence-electron chi connectivity index (χ2n) is 2.81. The normalized spacial score (nSPS) is 27.0. The van der Waals surface area contributed by atoms with Crippen LogP contribution in [0.5, 0.6) is 0 Å². The van der Waals surface area contributed by atoms with E-state index in [0.717, 1.165) is 18.1 Å². The summed E-state index contributed by atoms with van der Waals surface area (Å²) in [5.74, 6) is 1.19. The molecular weight excluding hydrogens is 132 g/mol. The molecule has 1 saturated heterocycles. The van der Waals surface area contributed by atoms with Gasteiger partial charge in [-0.3, -0.25) is 0 Å². The van der Waals surface area contributed by atoms with E-state index in [1.807, 2.05) is 0 Å². The summed E-state index contributed by atoms with van der Waals surface area (Å²) >= 11 is 4.99. The van der Waals surface area contributed by atoms with Crippen LogP contribution >= 0.6 is 12.2 Å². The van der Waals surface area contributed by atoms with Gasteiger partial charge in [-0.25, -0.2) is 0 Å². The maximum atomic E-state index is 5.16. The Kier molecular flexibility index (Phi) is 2.06. The third kappa shape index (κ3) is 1.42. The topological polar surface area (TPSA) is 9.23 Å². The van der Waals surface area contributed by atoms with E-state index < -0.39 is 0 Å². The van der Waals surface area contributed by atoms with Crippen LogP contribution < -0.4 is 0 Å². The van der Waals surface area contributed by atoms with E-state index in [9.17, 15) is 0 Å². The van der Waals surface area contributed by atoms with E-state index >= 15 is 0 Å². The van der Waals surface area contributed by atoms with Gasteiger partial charge in [0.15, 0.2) is 5.05 Å². The Morgan fingerprint density at radius 3 is 2.56 bits per heavy atom. The fourth-order valence-electron chi connectivity index (χ4n) is 1.12. The summed E-state index contributed by atoms with van der Waals surface area (Å²) in [4.78, 5) is 0. The highest BCUT2D eigenvalue weighted by Gasteiger charge is 2.24. The van der Waals surface area contributed by atoms with Crippen LogP contribution in [0.15, 0.2) is 0 Å². The van der Waals surface area contributed by atoms with Gasteiger partial charge in [-0.15, -0.1) is 0 Å². The van der Waals surface area contributed by atoms with Crippen molar-refractivity contribution in [3.8, 4) is 0 Å². The first kappa shape index (κ1) is 7.00. The SMILES string of the molecule is CC(C)C1CCOC1=S. The Hall–Kier alpha value is -0.110. The molecule has 1 atom stereocenters. The van der Waals surface area contributed by atoms with Gasteiger partial charge in [0.25, 0.3) is 0 Å². The molecule has 9 heavy (non-hydrogen) atoms. The molecule has 1 unspecified atom stereocenters. The fourth-order valence-corrected chi connectivity index (χ4v) is 1.59. The summed E-state index contributed by atoms with van der Waals surface area (Å²) in [7, 11) is 0. The van der Waals surface area contributed by atoms with Crippen LogP contribution in [0.3, 0.4) is 0 Å². The van der Waals surface area contributed by atoms with Gasteiger partial charge in [-0.05, 0) is 24.6 Å². The minimum atomic E-state index is 0.542. The summed E-state index contributed by atoms with van der Waals surface area (Å²) in [6, 6.07) is 0. The molecular formula is C7H12OS. The average molecular weight is 144 g/mol. The van der Waals surface area contributed by atoms with Crippen molar-refractivity contribution in [1.29, 1.82) is 0 Å². The van der Waals surface area contributed by atoms with Crippen molar-refractivity contribution in [3.63, 3.8) is 0 Å². The maximum Gasteiger partial charge on any atom is 0.163 e. The standard InChI is InChI=1S/C7H12OS/c1-5(2)6-3-4-8-7(6)9/h5-6H,3-4H2,1-2H3. The molecule has 0 amide bonds. The van der Waals surface area contributed by atoms with Gasteiger partial charge in [0.2, 0.25) is 0 Å². The van der Waals surface area contributed by atoms with Crippen LogP contribution in [0.25, 0.3) is 0 Å². The smallest absolute Gasteiger partial charge is 0.163 e. The first-order chi connectivity index (χ1) is 4.22. The third-order valence-electron chi connectivity index (χ3n) is 1.78. The second kappa shape index (κ2) is 2.65. The highest BCUT2D eigenvalue weighted by atomic mass is 32.1. The molecule has 1 rings (SSSR count). The van der Waals surface area contributed by atoms with Gasteiger partial charge in [0.1, 0.15) is 0 Å². The van der Waals surface area contributed by atoms with Crippen molar-refractivity contribution in [1.82, 2.24) is 0 Å². The number of ether oxygens (including phenoxy) is 1. The summed E-state index contributed by atoms with van der Waals surface area (Å²) in [6.45, 7) is 5.21. The predicted octanol–water partition coefficient (Wildman–Crippen LogP) is 2.01. The van der Waals surface area contributed by atoms with Crippen molar-refractivity contribution in [2.24, 2.45) is 11.8 Å². The quantitative estimate of drug-likeness (QED) is 0.521. The molecule has 0 spiro atoms. The lowest BCUT2D eigenvalue weighted by Gasteiger charge is -2.09. The van der Waals surface area contributed by atoms with Crippen LogP contribution in [0.1, 0.15) is 20.3 Å². The summed E-state index contributed by atoms with van der Waals surface area (Å²) < 4.78 is 5.16. The molecule has 52 valence electrons. The van der Waals surface area contributed by atoms with Crippen LogP contribution in [-0.2, 0) is 4.74 Å². The first-order valence-electron chi connectivity index (χ1n) is 3.38. The summed E-state index contributed by atoms with van der Waals surface area (Å²) in [5, 5.41) is 0.824. The lowest BCUT2D eigenvalue weighted by molar-refractivity contribution is 0.351. The van der Waals surface area contributed by atoms with Crippen molar-refractivity contribution in [2.75, 3.05) is 6.61 Å². The summed E-state index contributed by atoms with van der Waals surface area (Å²) in [6.07, 6.45) is 1.12. The Balaban J connectivity index is 2.49. The van der Waals surface area contributed by atoms with Crippen molar-refractivity contribution in [2.45, 2.75) is 20.3 Å². The van der Waals surface area contributed by atoms with Gasteiger partial charge in [-0.2, -0.15) is 0 Å². The number of rotatable bonds is 1. The van der Waals surface area contributed by atoms with E-state index in [0.29, 0.717) is 11.8 Å². The molecule has 1 nitrogen and oxygen atoms in total. The molecule has 1 heterocycles. The van der Waals surface area contributed by atoms with Crippen molar-refractivity contribution >= 4 is 17.3 Å². The molecule has 0 aliphatic carbocycles. The van der Waals surface area contributed by atoms with Crippen molar-refractivity contribution in [3.05, 3.63) is 0 Å². The zero-order chi connectivity index (χ0) is 6.85. The number of thiocarbonyl (C=S) groups is 1. The zero-order valence-corrected chi connectivity index (χ0v) is 6.70. The van der Waals surface area contributed by atoms with Gasteiger partial charge in [0.05, 0.1) is 6.61 Å². The Morgan fingerprint density at radius 2 is 2.33 bits per heavy atom. The van der Waals surface area contributed by atoms with E-state index in [-0.39, 0.29) is 0 Å². The second-order valence-corrected chi connectivity index (χ2v) is 3.21. The molecule has 1 aliphatic rings. The molecule has 0 aromatic carbocycles. The number of hydrogen-bond donors (Lipinski definition) is 0. The van der Waals surface area contributed by atoms with Crippen molar-refractivity contribution < 1.29 is 4.74 Å². The highest BCUT2D eigenvalue weighted by molar-refractivity contribution is 7.80. The predicted molar refractivity (Wildman–Crippen MR) is 41.5 cm³/mol. The maximum absolute atomic E-state index is 5.16. The van der Waals surface area contributed by atoms with Gasteiger partial charge in [-0.1, -0.05) is 13.8 Å². The zero-order valence-electron chi connectivity index (χ0n) is 5.89. The molecule has 0 aromatic heterocycles. The van der Waals surface area contributed by atoms with Crippen LogP contribution in [0.4, 0.5) is 0 Å². The molecule has 2 heteroatoms. The van der Waals surface area contributed by atoms with Gasteiger partial charge >= 0.3 is 0 Å². The third-order valence-corrected chi connectivity index (χ3v) is 2.20. The Morgan fingerprint density at radius 1 is 1.67 bits per heavy atom. The molecule has 0 radical (unpaired) electrons. The average Bonchev–Trinajstić information content (AvgIpc) is 2.13. The van der Waals surface area contributed by atoms with E-state index in [1.165, 1.54) is 0 Å². The molecule has 0 aromatic rings. The fraction of sp³-hybridized carbons (Fsp3) is 0.857. The first-order valence-corrected chi connectivity index (χ1v) is 3.79. The van der Waals surface area contributed by atoms with Gasteiger partial charge in [0, 0.05) is 5.92 Å². The minimum Gasteiger partial charge on any atom is -0.487 e. The minimum absolute atomic E-state index is 0.542. The van der Waals surface area contributed by atoms with Gasteiger partial charge < -0.3 is 4.74 Å². The molecule has 0 saturated carbocycles. The molecule has 0 bridgehead atoms. The highest BCUT2D eigenvalue weighted by Crippen LogP contribution is 2.23. The lowest BCUT2D eigenvalue weighted by Crippen LogP contribution is -2.11. The van der Waals surface area contributed by atoms with E-state index in [1.54, 1.807) is 0 Å². The van der Waals surface area contributed by atoms with Crippen LogP contribution in [-0.4, -0.2) is 11.7 Å². The Bertz CT molecular complexity index is 120. The monoisotopic (exact) mass is 144 g/mol. The lowest BCUT2D eigenvalue weighted by atomic mass is 9.96. The summed E-state index contributed by atoms with van der Waals surface area (Å²) in [5.41, 5.74) is 0.